The predicted molar refractivity (Wildman–Crippen MR) is 139 cm³/mol. The number of nitriles is 1. The van der Waals surface area contributed by atoms with Crippen molar-refractivity contribution >= 4 is 49.8 Å². The SMILES string of the molecule is COc1cccc(-n2c(SC/C(O)=C(\C#N)c3nc4ccccc4s3)nc3ccccc3c2=O)c1. The molecular weight excluding hydrogens is 480 g/mol. The Morgan fingerprint density at radius 2 is 1.86 bits per heavy atom. The van der Waals surface area contributed by atoms with Gasteiger partial charge >= 0.3 is 0 Å². The molecule has 5 rings (SSSR count). The number of fused-ring (bicyclic) bond motifs is 2. The lowest BCUT2D eigenvalue weighted by molar-refractivity contribution is 0.414. The highest BCUT2D eigenvalue weighted by Gasteiger charge is 2.18. The molecule has 172 valence electrons. The molecule has 0 atom stereocenters. The fraction of sp³-hybridized carbons (Fsp3) is 0.0769. The summed E-state index contributed by atoms with van der Waals surface area (Å²) in [6, 6.07) is 23.9. The molecule has 1 N–H and O–H groups in total. The number of rotatable bonds is 6. The summed E-state index contributed by atoms with van der Waals surface area (Å²) in [5, 5.41) is 21.9. The molecule has 3 aromatic carbocycles. The van der Waals surface area contributed by atoms with Crippen LogP contribution in [0, 0.1) is 11.3 Å². The van der Waals surface area contributed by atoms with Crippen LogP contribution >= 0.6 is 23.1 Å². The second-order valence-corrected chi connectivity index (χ2v) is 9.44. The van der Waals surface area contributed by atoms with Gasteiger partial charge < -0.3 is 9.84 Å². The Morgan fingerprint density at radius 1 is 1.09 bits per heavy atom. The number of allylic oxidation sites excluding steroid dienone is 1. The second-order valence-electron chi connectivity index (χ2n) is 7.46. The number of hydrogen-bond donors (Lipinski definition) is 1. The highest BCUT2D eigenvalue weighted by Crippen LogP contribution is 2.30. The number of aromatic nitrogens is 3. The molecule has 0 aliphatic heterocycles. The third-order valence-electron chi connectivity index (χ3n) is 5.30. The standard InChI is InChI=1S/C26H18N4O3S2/c1-33-17-8-6-7-16(13-17)30-25(32)18-9-2-3-10-20(18)29-26(30)34-15-22(31)19(14-27)24-28-21-11-4-5-12-23(21)35-24/h2-13,31H,15H2,1H3/b22-19-. The van der Waals surface area contributed by atoms with Crippen LogP contribution in [0.1, 0.15) is 5.01 Å². The minimum absolute atomic E-state index is 0.0353. The minimum Gasteiger partial charge on any atom is -0.510 e. The largest absolute Gasteiger partial charge is 0.510 e. The summed E-state index contributed by atoms with van der Waals surface area (Å²) in [7, 11) is 1.56. The Bertz CT molecular complexity index is 1670. The number of methoxy groups -OCH3 is 1. The molecule has 2 heterocycles. The van der Waals surface area contributed by atoms with Gasteiger partial charge in [-0.25, -0.2) is 9.97 Å². The van der Waals surface area contributed by atoms with Gasteiger partial charge in [0.1, 0.15) is 28.2 Å². The van der Waals surface area contributed by atoms with Gasteiger partial charge in [0.25, 0.3) is 5.56 Å². The molecule has 9 heteroatoms. The van der Waals surface area contributed by atoms with Crippen molar-refractivity contribution in [1.29, 1.82) is 5.26 Å². The van der Waals surface area contributed by atoms with Crippen LogP contribution in [0.5, 0.6) is 5.75 Å². The van der Waals surface area contributed by atoms with Gasteiger partial charge in [0.05, 0.1) is 39.7 Å². The van der Waals surface area contributed by atoms with Gasteiger partial charge in [0.2, 0.25) is 0 Å². The Labute approximate surface area is 208 Å². The number of thioether (sulfide) groups is 1. The number of para-hydroxylation sites is 2. The molecule has 0 radical (unpaired) electrons. The fourth-order valence-electron chi connectivity index (χ4n) is 3.61. The van der Waals surface area contributed by atoms with E-state index in [9.17, 15) is 15.2 Å². The third-order valence-corrected chi connectivity index (χ3v) is 7.31. The zero-order valence-electron chi connectivity index (χ0n) is 18.5. The first-order valence-corrected chi connectivity index (χ1v) is 12.4. The van der Waals surface area contributed by atoms with Crippen molar-refractivity contribution in [3.8, 4) is 17.5 Å². The Hall–Kier alpha value is -4.13. The molecule has 0 aliphatic carbocycles. The smallest absolute Gasteiger partial charge is 0.266 e. The van der Waals surface area contributed by atoms with E-state index in [2.05, 4.69) is 16.0 Å². The molecule has 0 saturated carbocycles. The molecule has 5 aromatic rings. The van der Waals surface area contributed by atoms with Crippen molar-refractivity contribution in [3.05, 3.63) is 93.9 Å². The van der Waals surface area contributed by atoms with Crippen molar-refractivity contribution in [1.82, 2.24) is 14.5 Å². The average molecular weight is 499 g/mol. The molecule has 0 amide bonds. The molecule has 0 spiro atoms. The van der Waals surface area contributed by atoms with Gasteiger partial charge in [-0.2, -0.15) is 5.26 Å². The lowest BCUT2D eigenvalue weighted by Gasteiger charge is -2.14. The van der Waals surface area contributed by atoms with Crippen molar-refractivity contribution < 1.29 is 9.84 Å². The van der Waals surface area contributed by atoms with E-state index in [1.807, 2.05) is 30.3 Å². The van der Waals surface area contributed by atoms with E-state index >= 15 is 0 Å². The highest BCUT2D eigenvalue weighted by atomic mass is 32.2. The maximum atomic E-state index is 13.4. The zero-order chi connectivity index (χ0) is 24.4. The van der Waals surface area contributed by atoms with Crippen LogP contribution in [0.25, 0.3) is 32.4 Å². The molecule has 0 saturated heterocycles. The van der Waals surface area contributed by atoms with E-state index in [4.69, 9.17) is 4.74 Å². The molecular formula is C26H18N4O3S2. The van der Waals surface area contributed by atoms with Gasteiger partial charge in [-0.05, 0) is 36.4 Å². The molecule has 7 nitrogen and oxygen atoms in total. The van der Waals surface area contributed by atoms with Crippen molar-refractivity contribution in [2.24, 2.45) is 0 Å². The first-order chi connectivity index (χ1) is 17.1. The van der Waals surface area contributed by atoms with Gasteiger partial charge in [0, 0.05) is 6.07 Å². The first-order valence-electron chi connectivity index (χ1n) is 10.6. The molecule has 0 unspecified atom stereocenters. The summed E-state index contributed by atoms with van der Waals surface area (Å²) >= 11 is 2.51. The van der Waals surface area contributed by atoms with Crippen LogP contribution in [0.3, 0.4) is 0 Å². The summed E-state index contributed by atoms with van der Waals surface area (Å²) in [6.45, 7) is 0. The van der Waals surface area contributed by atoms with Crippen LogP contribution in [0.15, 0.2) is 88.5 Å². The number of nitrogens with zero attached hydrogens (tertiary/aromatic N) is 4. The van der Waals surface area contributed by atoms with Crippen LogP contribution in [-0.2, 0) is 0 Å². The maximum Gasteiger partial charge on any atom is 0.266 e. The van der Waals surface area contributed by atoms with Crippen LogP contribution < -0.4 is 10.3 Å². The maximum absolute atomic E-state index is 13.4. The molecule has 0 bridgehead atoms. The summed E-state index contributed by atoms with van der Waals surface area (Å²) < 4.78 is 7.75. The normalized spacial score (nSPS) is 11.9. The van der Waals surface area contributed by atoms with Crippen molar-refractivity contribution in [2.75, 3.05) is 12.9 Å². The van der Waals surface area contributed by atoms with E-state index in [0.717, 1.165) is 10.2 Å². The lowest BCUT2D eigenvalue weighted by atomic mass is 10.2. The Kier molecular flexibility index (Phi) is 6.23. The van der Waals surface area contributed by atoms with Crippen molar-refractivity contribution in [3.63, 3.8) is 0 Å². The molecule has 35 heavy (non-hydrogen) atoms. The Morgan fingerprint density at radius 3 is 2.63 bits per heavy atom. The summed E-state index contributed by atoms with van der Waals surface area (Å²) in [4.78, 5) is 22.6. The van der Waals surface area contributed by atoms with Crippen LogP contribution in [0.2, 0.25) is 0 Å². The van der Waals surface area contributed by atoms with E-state index in [1.54, 1.807) is 49.6 Å². The minimum atomic E-state index is -0.235. The fourth-order valence-corrected chi connectivity index (χ4v) is 5.48. The first kappa shape index (κ1) is 22.7. The van der Waals surface area contributed by atoms with E-state index in [1.165, 1.54) is 27.7 Å². The van der Waals surface area contributed by atoms with Gasteiger partial charge in [-0.1, -0.05) is 42.1 Å². The number of ether oxygens (including phenoxy) is 1. The van der Waals surface area contributed by atoms with Crippen LogP contribution in [0.4, 0.5) is 0 Å². The second kappa shape index (κ2) is 9.62. The number of benzene rings is 3. The van der Waals surface area contributed by atoms with Gasteiger partial charge in [0.15, 0.2) is 5.16 Å². The number of hydrogen-bond acceptors (Lipinski definition) is 8. The molecule has 2 aromatic heterocycles. The van der Waals surface area contributed by atoms with Gasteiger partial charge in [-0.3, -0.25) is 9.36 Å². The average Bonchev–Trinajstić information content (AvgIpc) is 3.31. The number of thiazole rings is 1. The zero-order valence-corrected chi connectivity index (χ0v) is 20.1. The third kappa shape index (κ3) is 4.37. The topological polar surface area (TPSA) is 101 Å². The summed E-state index contributed by atoms with van der Waals surface area (Å²) in [6.07, 6.45) is 0. The molecule has 0 aliphatic rings. The monoisotopic (exact) mass is 498 g/mol. The highest BCUT2D eigenvalue weighted by molar-refractivity contribution is 7.99. The number of aliphatic hydroxyl groups is 1. The number of aliphatic hydroxyl groups excluding tert-OH is 1. The van der Waals surface area contributed by atoms with E-state index in [-0.39, 0.29) is 22.6 Å². The summed E-state index contributed by atoms with van der Waals surface area (Å²) in [5.41, 5.74) is 1.78. The van der Waals surface area contributed by atoms with E-state index < -0.39 is 0 Å². The Balaban J connectivity index is 1.57. The van der Waals surface area contributed by atoms with Crippen molar-refractivity contribution in [2.45, 2.75) is 5.16 Å². The summed E-state index contributed by atoms with van der Waals surface area (Å²) in [5.74, 6) is 0.508. The quantitative estimate of drug-likeness (QED) is 0.141. The predicted octanol–water partition coefficient (Wildman–Crippen LogP) is 5.59. The molecule has 0 fully saturated rings. The van der Waals surface area contributed by atoms with Crippen LogP contribution in [-0.4, -0.2) is 32.5 Å². The van der Waals surface area contributed by atoms with E-state index in [0.29, 0.717) is 32.5 Å². The van der Waals surface area contributed by atoms with Gasteiger partial charge in [-0.15, -0.1) is 11.3 Å². The lowest BCUT2D eigenvalue weighted by Crippen LogP contribution is -2.22.